The molecular weight excluding hydrogens is 324 g/mol. The predicted octanol–water partition coefficient (Wildman–Crippen LogP) is 3.78. The predicted molar refractivity (Wildman–Crippen MR) is 106 cm³/mol. The van der Waals surface area contributed by atoms with E-state index >= 15 is 0 Å². The van der Waals surface area contributed by atoms with Crippen molar-refractivity contribution in [3.8, 4) is 5.75 Å². The van der Waals surface area contributed by atoms with Crippen molar-refractivity contribution in [2.45, 2.75) is 13.0 Å². The van der Waals surface area contributed by atoms with Gasteiger partial charge in [-0.25, -0.2) is 4.98 Å². The van der Waals surface area contributed by atoms with Crippen LogP contribution in [0.4, 0.5) is 11.8 Å². The average Bonchev–Trinajstić information content (AvgIpc) is 2.69. The van der Waals surface area contributed by atoms with Crippen LogP contribution in [0.25, 0.3) is 0 Å². The van der Waals surface area contributed by atoms with E-state index < -0.39 is 0 Å². The van der Waals surface area contributed by atoms with Crippen LogP contribution in [0.5, 0.6) is 5.75 Å². The van der Waals surface area contributed by atoms with Crippen LogP contribution >= 0.6 is 0 Å². The quantitative estimate of drug-likeness (QED) is 0.671. The molecule has 0 aliphatic rings. The number of hydrogen-bond acceptors (Lipinski definition) is 5. The van der Waals surface area contributed by atoms with Gasteiger partial charge < -0.3 is 15.0 Å². The first kappa shape index (κ1) is 17.7. The van der Waals surface area contributed by atoms with Gasteiger partial charge in [0.1, 0.15) is 11.6 Å². The molecule has 0 spiro atoms. The van der Waals surface area contributed by atoms with Gasteiger partial charge in [-0.05, 0) is 35.7 Å². The second kappa shape index (κ2) is 8.85. The van der Waals surface area contributed by atoms with Crippen LogP contribution in [0.2, 0.25) is 0 Å². The minimum absolute atomic E-state index is 0.711. The molecule has 1 N–H and O–H groups in total. The van der Waals surface area contributed by atoms with Gasteiger partial charge in [-0.1, -0.05) is 42.5 Å². The molecule has 0 bridgehead atoms. The molecule has 1 heterocycles. The van der Waals surface area contributed by atoms with E-state index in [0.717, 1.165) is 31.1 Å². The third-order valence-electron chi connectivity index (χ3n) is 4.13. The monoisotopic (exact) mass is 348 g/mol. The van der Waals surface area contributed by atoms with E-state index in [2.05, 4.69) is 39.6 Å². The van der Waals surface area contributed by atoms with Crippen molar-refractivity contribution in [2.24, 2.45) is 0 Å². The van der Waals surface area contributed by atoms with Crippen molar-refractivity contribution in [1.82, 2.24) is 9.97 Å². The van der Waals surface area contributed by atoms with Crippen LogP contribution in [0.15, 0.2) is 66.9 Å². The molecule has 0 fully saturated rings. The average molecular weight is 348 g/mol. The van der Waals surface area contributed by atoms with Crippen LogP contribution in [0.1, 0.15) is 11.1 Å². The molecule has 2 aromatic carbocycles. The van der Waals surface area contributed by atoms with E-state index in [4.69, 9.17) is 4.74 Å². The number of rotatable bonds is 8. The summed E-state index contributed by atoms with van der Waals surface area (Å²) < 4.78 is 5.18. The van der Waals surface area contributed by atoms with E-state index in [0.29, 0.717) is 5.95 Å². The Morgan fingerprint density at radius 1 is 0.962 bits per heavy atom. The number of benzene rings is 2. The highest BCUT2D eigenvalue weighted by molar-refractivity contribution is 5.41. The first-order valence-electron chi connectivity index (χ1n) is 8.69. The van der Waals surface area contributed by atoms with E-state index in [1.165, 1.54) is 11.1 Å². The fourth-order valence-corrected chi connectivity index (χ4v) is 2.69. The minimum atomic E-state index is 0.711. The molecular formula is C21H24N4O. The van der Waals surface area contributed by atoms with Crippen LogP contribution in [0, 0.1) is 0 Å². The number of ether oxygens (including phenoxy) is 1. The van der Waals surface area contributed by atoms with Gasteiger partial charge in [0.05, 0.1) is 7.11 Å². The molecule has 0 radical (unpaired) electrons. The molecule has 0 aliphatic carbocycles. The van der Waals surface area contributed by atoms with Gasteiger partial charge in [0.2, 0.25) is 5.95 Å². The number of nitrogens with zero attached hydrogens (tertiary/aromatic N) is 3. The van der Waals surface area contributed by atoms with Crippen LogP contribution in [0.3, 0.4) is 0 Å². The van der Waals surface area contributed by atoms with Crippen LogP contribution in [-0.4, -0.2) is 30.7 Å². The van der Waals surface area contributed by atoms with Gasteiger partial charge in [-0.3, -0.25) is 0 Å². The fourth-order valence-electron chi connectivity index (χ4n) is 2.69. The molecule has 5 nitrogen and oxygen atoms in total. The zero-order chi connectivity index (χ0) is 18.2. The molecule has 0 unspecified atom stereocenters. The summed E-state index contributed by atoms with van der Waals surface area (Å²) in [6.45, 7) is 1.58. The van der Waals surface area contributed by atoms with E-state index in [-0.39, 0.29) is 0 Å². The summed E-state index contributed by atoms with van der Waals surface area (Å²) in [5, 5.41) is 3.37. The molecule has 0 saturated heterocycles. The number of aromatic nitrogens is 2. The van der Waals surface area contributed by atoms with Crippen molar-refractivity contribution in [1.29, 1.82) is 0 Å². The van der Waals surface area contributed by atoms with Gasteiger partial charge >= 0.3 is 0 Å². The van der Waals surface area contributed by atoms with Crippen molar-refractivity contribution >= 4 is 11.8 Å². The first-order chi connectivity index (χ1) is 12.7. The first-order valence-corrected chi connectivity index (χ1v) is 8.69. The van der Waals surface area contributed by atoms with Gasteiger partial charge in [-0.2, -0.15) is 4.98 Å². The number of anilines is 2. The summed E-state index contributed by atoms with van der Waals surface area (Å²) in [5.41, 5.74) is 2.49. The minimum Gasteiger partial charge on any atom is -0.497 e. The smallest absolute Gasteiger partial charge is 0.227 e. The Hall–Kier alpha value is -3.08. The maximum absolute atomic E-state index is 5.18. The zero-order valence-electron chi connectivity index (χ0n) is 15.2. The van der Waals surface area contributed by atoms with Crippen molar-refractivity contribution in [2.75, 3.05) is 30.9 Å². The SMILES string of the molecule is COc1ccc(CCNc2ccnc(N(C)Cc3ccccc3)n2)cc1. The lowest BCUT2D eigenvalue weighted by atomic mass is 10.1. The Balaban J connectivity index is 1.54. The van der Waals surface area contributed by atoms with Crippen molar-refractivity contribution in [3.63, 3.8) is 0 Å². The second-order valence-corrected chi connectivity index (χ2v) is 6.11. The van der Waals surface area contributed by atoms with E-state index in [1.54, 1.807) is 13.3 Å². The molecule has 0 aliphatic heterocycles. The zero-order valence-corrected chi connectivity index (χ0v) is 15.2. The Morgan fingerprint density at radius 3 is 2.46 bits per heavy atom. The molecule has 0 saturated carbocycles. The highest BCUT2D eigenvalue weighted by atomic mass is 16.5. The topological polar surface area (TPSA) is 50.3 Å². The lowest BCUT2D eigenvalue weighted by Crippen LogP contribution is -2.19. The summed E-state index contributed by atoms with van der Waals surface area (Å²) in [7, 11) is 3.68. The maximum Gasteiger partial charge on any atom is 0.227 e. The van der Waals surface area contributed by atoms with Crippen LogP contribution < -0.4 is 15.0 Å². The van der Waals surface area contributed by atoms with E-state index in [1.807, 2.05) is 48.3 Å². The lowest BCUT2D eigenvalue weighted by molar-refractivity contribution is 0.414. The summed E-state index contributed by atoms with van der Waals surface area (Å²) in [4.78, 5) is 11.0. The number of nitrogens with one attached hydrogen (secondary N) is 1. The van der Waals surface area contributed by atoms with Gasteiger partial charge in [0.25, 0.3) is 0 Å². The molecule has 1 aromatic heterocycles. The van der Waals surface area contributed by atoms with Gasteiger partial charge in [-0.15, -0.1) is 0 Å². The third kappa shape index (κ3) is 4.96. The van der Waals surface area contributed by atoms with E-state index in [9.17, 15) is 0 Å². The Morgan fingerprint density at radius 2 is 1.73 bits per heavy atom. The standard InChI is InChI=1S/C21H24N4O/c1-25(16-18-6-4-3-5-7-18)21-23-15-13-20(24-21)22-14-12-17-8-10-19(26-2)11-9-17/h3-11,13,15H,12,14,16H2,1-2H3,(H,22,23,24). The van der Waals surface area contributed by atoms with Crippen molar-refractivity contribution < 1.29 is 4.74 Å². The van der Waals surface area contributed by atoms with Gasteiger partial charge in [0.15, 0.2) is 0 Å². The maximum atomic E-state index is 5.18. The summed E-state index contributed by atoms with van der Waals surface area (Å²) in [6, 6.07) is 20.3. The summed E-state index contributed by atoms with van der Waals surface area (Å²) in [6.07, 6.45) is 2.71. The molecule has 5 heteroatoms. The number of hydrogen-bond donors (Lipinski definition) is 1. The molecule has 134 valence electrons. The molecule has 3 rings (SSSR count). The molecule has 3 aromatic rings. The van der Waals surface area contributed by atoms with Gasteiger partial charge in [0, 0.05) is 26.3 Å². The van der Waals surface area contributed by atoms with Crippen molar-refractivity contribution in [3.05, 3.63) is 78.0 Å². The summed E-state index contributed by atoms with van der Waals surface area (Å²) in [5.74, 6) is 2.43. The van der Waals surface area contributed by atoms with Crippen LogP contribution in [-0.2, 0) is 13.0 Å². The highest BCUT2D eigenvalue weighted by Crippen LogP contribution is 2.14. The normalized spacial score (nSPS) is 10.4. The largest absolute Gasteiger partial charge is 0.497 e. The highest BCUT2D eigenvalue weighted by Gasteiger charge is 2.06. The molecule has 26 heavy (non-hydrogen) atoms. The summed E-state index contributed by atoms with van der Waals surface area (Å²) >= 11 is 0. The Labute approximate surface area is 154 Å². The molecule has 0 atom stereocenters. The Bertz CT molecular complexity index is 806. The lowest BCUT2D eigenvalue weighted by Gasteiger charge is -2.17. The third-order valence-corrected chi connectivity index (χ3v) is 4.13. The fraction of sp³-hybridized carbons (Fsp3) is 0.238. The molecule has 0 amide bonds. The second-order valence-electron chi connectivity index (χ2n) is 6.11. The number of methoxy groups -OCH3 is 1. The Kier molecular flexibility index (Phi) is 6.04.